The maximum absolute atomic E-state index is 12.5. The van der Waals surface area contributed by atoms with Crippen LogP contribution in [0.5, 0.6) is 0 Å². The van der Waals surface area contributed by atoms with Crippen molar-refractivity contribution in [1.82, 2.24) is 9.55 Å². The predicted octanol–water partition coefficient (Wildman–Crippen LogP) is 2.07. The van der Waals surface area contributed by atoms with Crippen molar-refractivity contribution < 1.29 is 9.90 Å². The van der Waals surface area contributed by atoms with Gasteiger partial charge in [-0.2, -0.15) is 0 Å². The molecule has 1 N–H and O–H groups in total. The molecule has 104 valence electrons. The lowest BCUT2D eigenvalue weighted by molar-refractivity contribution is -0.133. The first-order valence-corrected chi connectivity index (χ1v) is 6.98. The second kappa shape index (κ2) is 5.92. The predicted molar refractivity (Wildman–Crippen MR) is 79.3 cm³/mol. The number of allylic oxidation sites excluding steroid dienone is 1. The van der Waals surface area contributed by atoms with Gasteiger partial charge in [0.15, 0.2) is 5.16 Å². The summed E-state index contributed by atoms with van der Waals surface area (Å²) >= 11 is 1.03. The van der Waals surface area contributed by atoms with Gasteiger partial charge in [-0.05, 0) is 19.1 Å². The van der Waals surface area contributed by atoms with E-state index in [4.69, 9.17) is 5.11 Å². The lowest BCUT2D eigenvalue weighted by atomic mass is 10.2. The third kappa shape index (κ3) is 2.91. The number of carbonyl (C=O) groups is 1. The van der Waals surface area contributed by atoms with E-state index in [9.17, 15) is 9.59 Å². The van der Waals surface area contributed by atoms with Crippen LogP contribution < -0.4 is 5.56 Å². The van der Waals surface area contributed by atoms with E-state index in [2.05, 4.69) is 11.6 Å². The van der Waals surface area contributed by atoms with Crippen LogP contribution in [0.15, 0.2) is 40.8 Å². The van der Waals surface area contributed by atoms with E-state index < -0.39 is 5.97 Å². The molecule has 0 spiro atoms. The van der Waals surface area contributed by atoms with Crippen LogP contribution in [0.1, 0.15) is 5.56 Å². The summed E-state index contributed by atoms with van der Waals surface area (Å²) < 4.78 is 1.45. The zero-order valence-electron chi connectivity index (χ0n) is 11.0. The number of benzene rings is 1. The molecule has 6 heteroatoms. The molecule has 2 rings (SSSR count). The van der Waals surface area contributed by atoms with Gasteiger partial charge in [-0.15, -0.1) is 6.58 Å². The average molecular weight is 290 g/mol. The van der Waals surface area contributed by atoms with Crippen LogP contribution in [-0.2, 0) is 11.3 Å². The summed E-state index contributed by atoms with van der Waals surface area (Å²) in [4.78, 5) is 27.5. The SMILES string of the molecule is C=CCn1c(SCC(=O)O)nc2ccc(C)cc2c1=O. The van der Waals surface area contributed by atoms with E-state index in [1.165, 1.54) is 4.57 Å². The standard InChI is InChI=1S/C14H14N2O3S/c1-3-6-16-13(19)10-7-9(2)4-5-11(10)15-14(16)20-8-12(17)18/h3-5,7H,1,6,8H2,2H3,(H,17,18). The largest absolute Gasteiger partial charge is 0.481 e. The molecule has 20 heavy (non-hydrogen) atoms. The maximum atomic E-state index is 12.5. The van der Waals surface area contributed by atoms with E-state index in [1.807, 2.05) is 13.0 Å². The number of aryl methyl sites for hydroxylation is 1. The highest BCUT2D eigenvalue weighted by Crippen LogP contribution is 2.18. The summed E-state index contributed by atoms with van der Waals surface area (Å²) in [7, 11) is 0. The summed E-state index contributed by atoms with van der Waals surface area (Å²) in [6, 6.07) is 5.43. The molecule has 2 aromatic rings. The Balaban J connectivity index is 2.63. The van der Waals surface area contributed by atoms with Gasteiger partial charge in [0.25, 0.3) is 5.56 Å². The summed E-state index contributed by atoms with van der Waals surface area (Å²) in [5, 5.41) is 9.69. The van der Waals surface area contributed by atoms with Gasteiger partial charge in [-0.1, -0.05) is 29.5 Å². The minimum Gasteiger partial charge on any atom is -0.481 e. The molecule has 0 unspecified atom stereocenters. The van der Waals surface area contributed by atoms with Gasteiger partial charge in [0, 0.05) is 6.54 Å². The van der Waals surface area contributed by atoms with Crippen molar-refractivity contribution in [2.24, 2.45) is 0 Å². The van der Waals surface area contributed by atoms with E-state index >= 15 is 0 Å². The lowest BCUT2D eigenvalue weighted by Gasteiger charge is -2.10. The molecule has 0 aliphatic heterocycles. The fourth-order valence-electron chi connectivity index (χ4n) is 1.84. The van der Waals surface area contributed by atoms with Gasteiger partial charge < -0.3 is 5.11 Å². The highest BCUT2D eigenvalue weighted by Gasteiger charge is 2.12. The van der Waals surface area contributed by atoms with E-state index in [-0.39, 0.29) is 11.3 Å². The Labute approximate surface area is 120 Å². The van der Waals surface area contributed by atoms with Gasteiger partial charge in [-0.3, -0.25) is 14.2 Å². The number of carboxylic acid groups (broad SMARTS) is 1. The molecule has 0 aliphatic rings. The number of hydrogen-bond acceptors (Lipinski definition) is 4. The molecular weight excluding hydrogens is 276 g/mol. The number of aliphatic carboxylic acids is 1. The van der Waals surface area contributed by atoms with Crippen molar-refractivity contribution in [3.05, 3.63) is 46.8 Å². The molecule has 1 aromatic carbocycles. The Morgan fingerprint density at radius 1 is 1.55 bits per heavy atom. The Morgan fingerprint density at radius 3 is 2.95 bits per heavy atom. The van der Waals surface area contributed by atoms with Crippen LogP contribution in [0.2, 0.25) is 0 Å². The monoisotopic (exact) mass is 290 g/mol. The minimum absolute atomic E-state index is 0.138. The molecule has 0 radical (unpaired) electrons. The second-order valence-electron chi connectivity index (χ2n) is 4.30. The Morgan fingerprint density at radius 2 is 2.30 bits per heavy atom. The van der Waals surface area contributed by atoms with Crippen molar-refractivity contribution in [1.29, 1.82) is 0 Å². The average Bonchev–Trinajstić information content (AvgIpc) is 2.41. The van der Waals surface area contributed by atoms with Crippen LogP contribution in [-0.4, -0.2) is 26.4 Å². The van der Waals surface area contributed by atoms with Crippen LogP contribution in [0.3, 0.4) is 0 Å². The van der Waals surface area contributed by atoms with Crippen molar-refractivity contribution in [2.45, 2.75) is 18.6 Å². The summed E-state index contributed by atoms with van der Waals surface area (Å²) in [5.41, 5.74) is 1.38. The first-order valence-electron chi connectivity index (χ1n) is 5.99. The van der Waals surface area contributed by atoms with Crippen LogP contribution >= 0.6 is 11.8 Å². The highest BCUT2D eigenvalue weighted by molar-refractivity contribution is 7.99. The van der Waals surface area contributed by atoms with E-state index in [0.29, 0.717) is 22.6 Å². The molecular formula is C14H14N2O3S. The molecule has 0 fully saturated rings. The van der Waals surface area contributed by atoms with Gasteiger partial charge in [-0.25, -0.2) is 4.98 Å². The fourth-order valence-corrected chi connectivity index (χ4v) is 2.57. The van der Waals surface area contributed by atoms with Crippen LogP contribution in [0.4, 0.5) is 0 Å². The zero-order valence-corrected chi connectivity index (χ0v) is 11.8. The van der Waals surface area contributed by atoms with Gasteiger partial charge in [0.1, 0.15) is 0 Å². The Kier molecular flexibility index (Phi) is 4.24. The number of hydrogen-bond donors (Lipinski definition) is 1. The normalized spacial score (nSPS) is 10.7. The molecule has 0 atom stereocenters. The molecule has 0 aliphatic carbocycles. The number of aromatic nitrogens is 2. The minimum atomic E-state index is -0.946. The molecule has 0 saturated carbocycles. The second-order valence-corrected chi connectivity index (χ2v) is 5.24. The van der Waals surface area contributed by atoms with Crippen LogP contribution in [0, 0.1) is 6.92 Å². The van der Waals surface area contributed by atoms with Crippen molar-refractivity contribution in [3.63, 3.8) is 0 Å². The summed E-state index contributed by atoms with van der Waals surface area (Å²) in [6.07, 6.45) is 1.59. The number of rotatable bonds is 5. The number of carboxylic acids is 1. The molecule has 5 nitrogen and oxygen atoms in total. The highest BCUT2D eigenvalue weighted by atomic mass is 32.2. The number of nitrogens with zero attached hydrogens (tertiary/aromatic N) is 2. The molecule has 1 heterocycles. The third-order valence-corrected chi connectivity index (χ3v) is 3.67. The number of thioether (sulfide) groups is 1. The first-order chi connectivity index (χ1) is 9.52. The van der Waals surface area contributed by atoms with Gasteiger partial charge in [0.2, 0.25) is 0 Å². The quantitative estimate of drug-likeness (QED) is 0.518. The third-order valence-electron chi connectivity index (χ3n) is 2.71. The fraction of sp³-hybridized carbons (Fsp3) is 0.214. The number of fused-ring (bicyclic) bond motifs is 1. The van der Waals surface area contributed by atoms with Gasteiger partial charge >= 0.3 is 5.97 Å². The Bertz CT molecular complexity index is 737. The maximum Gasteiger partial charge on any atom is 0.313 e. The van der Waals surface area contributed by atoms with Crippen LogP contribution in [0.25, 0.3) is 10.9 Å². The molecule has 1 aromatic heterocycles. The molecule has 0 bridgehead atoms. The first kappa shape index (κ1) is 14.3. The smallest absolute Gasteiger partial charge is 0.313 e. The van der Waals surface area contributed by atoms with Crippen molar-refractivity contribution in [3.8, 4) is 0 Å². The molecule has 0 amide bonds. The summed E-state index contributed by atoms with van der Waals surface area (Å²) in [6.45, 7) is 5.83. The topological polar surface area (TPSA) is 72.2 Å². The van der Waals surface area contributed by atoms with Crippen molar-refractivity contribution >= 4 is 28.6 Å². The molecule has 0 saturated heterocycles. The van der Waals surface area contributed by atoms with E-state index in [1.54, 1.807) is 18.2 Å². The van der Waals surface area contributed by atoms with Crippen molar-refractivity contribution in [2.75, 3.05) is 5.75 Å². The summed E-state index contributed by atoms with van der Waals surface area (Å²) in [5.74, 6) is -1.08. The zero-order chi connectivity index (χ0) is 14.7. The lowest BCUT2D eigenvalue weighted by Crippen LogP contribution is -2.23. The van der Waals surface area contributed by atoms with Gasteiger partial charge in [0.05, 0.1) is 16.7 Å². The Hall–Kier alpha value is -2.08. The van der Waals surface area contributed by atoms with E-state index in [0.717, 1.165) is 17.3 Å².